The van der Waals surface area contributed by atoms with Gasteiger partial charge in [0.1, 0.15) is 0 Å². The number of aryl methyl sites for hydroxylation is 1. The Bertz CT molecular complexity index is 1740. The van der Waals surface area contributed by atoms with Crippen LogP contribution in [0.25, 0.3) is 38.9 Å². The Hall–Kier alpha value is -3.83. The predicted molar refractivity (Wildman–Crippen MR) is 133 cm³/mol. The zero-order valence-electron chi connectivity index (χ0n) is 19.2. The van der Waals surface area contributed by atoms with E-state index in [9.17, 15) is 13.2 Å². The third kappa shape index (κ3) is 3.55. The number of rotatable bonds is 4. The van der Waals surface area contributed by atoms with Crippen molar-refractivity contribution in [3.8, 4) is 16.9 Å². The molecule has 4 aromatic heterocycles. The second-order valence-electron chi connectivity index (χ2n) is 8.85. The molecule has 1 atom stereocenters. The lowest BCUT2D eigenvalue weighted by molar-refractivity contribution is 0.454. The molecular weight excluding hydrogens is 466 g/mol. The molecule has 0 spiro atoms. The van der Waals surface area contributed by atoms with Gasteiger partial charge < -0.3 is 0 Å². The van der Waals surface area contributed by atoms with E-state index in [1.807, 2.05) is 42.6 Å². The van der Waals surface area contributed by atoms with E-state index >= 15 is 0 Å². The standard InChI is InChI=1S/C24H23N7O3S/c1-28-21-14-25-20-6-4-16(17-5-7-22(26-13-17)30-10-3-9-27-30)12-19(20)23(21)31(24(28)32)18-8-11-29(15-18)35(2,33)34/h3-7,9-10,12-14,18H,8,11,15H2,1-2H3/t18-/m0/s1. The summed E-state index contributed by atoms with van der Waals surface area (Å²) in [5.74, 6) is 0.720. The molecule has 1 aliphatic heterocycles. The maximum atomic E-state index is 13.3. The molecule has 1 aromatic carbocycles. The molecule has 35 heavy (non-hydrogen) atoms. The Morgan fingerprint density at radius 1 is 1.06 bits per heavy atom. The molecule has 0 aliphatic carbocycles. The van der Waals surface area contributed by atoms with Gasteiger partial charge >= 0.3 is 5.69 Å². The van der Waals surface area contributed by atoms with Crippen molar-refractivity contribution >= 4 is 32.0 Å². The van der Waals surface area contributed by atoms with E-state index in [-0.39, 0.29) is 18.3 Å². The molecule has 178 valence electrons. The van der Waals surface area contributed by atoms with Gasteiger partial charge in [0.2, 0.25) is 10.0 Å². The largest absolute Gasteiger partial charge is 0.329 e. The molecule has 1 saturated heterocycles. The number of benzene rings is 1. The van der Waals surface area contributed by atoms with Gasteiger partial charge in [-0.25, -0.2) is 27.2 Å². The fourth-order valence-electron chi connectivity index (χ4n) is 4.86. The predicted octanol–water partition coefficient (Wildman–Crippen LogP) is 2.34. The van der Waals surface area contributed by atoms with Crippen LogP contribution in [0, 0.1) is 0 Å². The van der Waals surface area contributed by atoms with Crippen LogP contribution >= 0.6 is 0 Å². The lowest BCUT2D eigenvalue weighted by atomic mass is 10.0. The minimum atomic E-state index is -3.32. The summed E-state index contributed by atoms with van der Waals surface area (Å²) < 4.78 is 30.6. The van der Waals surface area contributed by atoms with E-state index in [1.165, 1.54) is 10.6 Å². The molecule has 5 aromatic rings. The zero-order chi connectivity index (χ0) is 24.3. The van der Waals surface area contributed by atoms with Crippen LogP contribution in [0.1, 0.15) is 12.5 Å². The highest BCUT2D eigenvalue weighted by Crippen LogP contribution is 2.32. The normalized spacial score (nSPS) is 17.0. The Labute approximate surface area is 201 Å². The van der Waals surface area contributed by atoms with Crippen LogP contribution in [0.4, 0.5) is 0 Å². The molecule has 10 nitrogen and oxygen atoms in total. The summed E-state index contributed by atoms with van der Waals surface area (Å²) >= 11 is 0. The first-order chi connectivity index (χ1) is 16.8. The maximum Gasteiger partial charge on any atom is 0.329 e. The maximum absolute atomic E-state index is 13.3. The van der Waals surface area contributed by atoms with Crippen molar-refractivity contribution in [1.82, 2.24) is 33.2 Å². The van der Waals surface area contributed by atoms with Gasteiger partial charge in [-0.3, -0.25) is 14.1 Å². The minimum Gasteiger partial charge on any atom is -0.293 e. The van der Waals surface area contributed by atoms with Gasteiger partial charge in [0.05, 0.1) is 35.0 Å². The van der Waals surface area contributed by atoms with Crippen molar-refractivity contribution in [2.45, 2.75) is 12.5 Å². The van der Waals surface area contributed by atoms with Gasteiger partial charge in [0.25, 0.3) is 0 Å². The van der Waals surface area contributed by atoms with Crippen LogP contribution in [0.15, 0.2) is 66.0 Å². The zero-order valence-corrected chi connectivity index (χ0v) is 20.1. The first kappa shape index (κ1) is 21.7. The summed E-state index contributed by atoms with van der Waals surface area (Å²) in [5, 5.41) is 5.05. The number of fused-ring (bicyclic) bond motifs is 3. The minimum absolute atomic E-state index is 0.176. The number of hydrogen-bond donors (Lipinski definition) is 0. The molecule has 0 saturated carbocycles. The molecule has 6 rings (SSSR count). The number of hydrogen-bond acceptors (Lipinski definition) is 6. The van der Waals surface area contributed by atoms with Crippen molar-refractivity contribution in [1.29, 1.82) is 0 Å². The SMILES string of the molecule is Cn1c(=O)n([C@H]2CCN(S(C)(=O)=O)C2)c2c3cc(-c4ccc(-n5cccn5)nc4)ccc3ncc21. The Morgan fingerprint density at radius 3 is 2.57 bits per heavy atom. The van der Waals surface area contributed by atoms with Gasteiger partial charge in [-0.2, -0.15) is 5.10 Å². The molecule has 0 unspecified atom stereocenters. The fourth-order valence-corrected chi connectivity index (χ4v) is 5.74. The lowest BCUT2D eigenvalue weighted by Crippen LogP contribution is -2.31. The molecule has 0 N–H and O–H groups in total. The van der Waals surface area contributed by atoms with Crippen molar-refractivity contribution in [2.24, 2.45) is 7.05 Å². The molecule has 1 fully saturated rings. The summed E-state index contributed by atoms with van der Waals surface area (Å²) in [5.41, 5.74) is 3.94. The third-order valence-corrected chi connectivity index (χ3v) is 7.97. The Morgan fingerprint density at radius 2 is 1.89 bits per heavy atom. The second kappa shape index (κ2) is 7.85. The average molecular weight is 490 g/mol. The van der Waals surface area contributed by atoms with Gasteiger partial charge in [0, 0.05) is 49.7 Å². The van der Waals surface area contributed by atoms with Gasteiger partial charge in [-0.05, 0) is 42.3 Å². The molecule has 0 bridgehead atoms. The number of aromatic nitrogens is 6. The quantitative estimate of drug-likeness (QED) is 0.384. The summed E-state index contributed by atoms with van der Waals surface area (Å²) in [6.45, 7) is 0.676. The Balaban J connectivity index is 1.49. The average Bonchev–Trinajstić information content (AvgIpc) is 3.60. The molecule has 0 radical (unpaired) electrons. The number of pyridine rings is 2. The smallest absolute Gasteiger partial charge is 0.293 e. The van der Waals surface area contributed by atoms with E-state index in [4.69, 9.17) is 0 Å². The van der Waals surface area contributed by atoms with E-state index < -0.39 is 10.0 Å². The van der Waals surface area contributed by atoms with Crippen LogP contribution < -0.4 is 5.69 Å². The van der Waals surface area contributed by atoms with Gasteiger partial charge in [0.15, 0.2) is 5.82 Å². The Kier molecular flexibility index (Phi) is 4.87. The van der Waals surface area contributed by atoms with Crippen molar-refractivity contribution < 1.29 is 8.42 Å². The van der Waals surface area contributed by atoms with E-state index in [2.05, 4.69) is 15.1 Å². The van der Waals surface area contributed by atoms with Crippen molar-refractivity contribution in [3.63, 3.8) is 0 Å². The monoisotopic (exact) mass is 489 g/mol. The lowest BCUT2D eigenvalue weighted by Gasteiger charge is -2.15. The van der Waals surface area contributed by atoms with Crippen LogP contribution in [-0.2, 0) is 17.1 Å². The first-order valence-corrected chi connectivity index (χ1v) is 13.1. The first-order valence-electron chi connectivity index (χ1n) is 11.2. The highest BCUT2D eigenvalue weighted by atomic mass is 32.2. The van der Waals surface area contributed by atoms with E-state index in [1.54, 1.807) is 39.5 Å². The van der Waals surface area contributed by atoms with Crippen LogP contribution in [-0.4, -0.2) is 61.0 Å². The summed E-state index contributed by atoms with van der Waals surface area (Å²) in [6, 6.07) is 11.4. The highest BCUT2D eigenvalue weighted by Gasteiger charge is 2.32. The number of sulfonamides is 1. The fraction of sp³-hybridized carbons (Fsp3) is 0.250. The van der Waals surface area contributed by atoms with Crippen LogP contribution in [0.5, 0.6) is 0 Å². The number of nitrogens with zero attached hydrogens (tertiary/aromatic N) is 7. The van der Waals surface area contributed by atoms with Gasteiger partial charge in [-0.1, -0.05) is 6.07 Å². The van der Waals surface area contributed by atoms with Crippen molar-refractivity contribution in [2.75, 3.05) is 19.3 Å². The summed E-state index contributed by atoms with van der Waals surface area (Å²) in [6.07, 6.45) is 8.83. The van der Waals surface area contributed by atoms with Crippen molar-refractivity contribution in [3.05, 3.63) is 71.7 Å². The molecule has 0 amide bonds. The molecular formula is C24H23N7O3S. The highest BCUT2D eigenvalue weighted by molar-refractivity contribution is 7.88. The molecule has 5 heterocycles. The van der Waals surface area contributed by atoms with Crippen LogP contribution in [0.3, 0.4) is 0 Å². The molecule has 11 heteroatoms. The second-order valence-corrected chi connectivity index (χ2v) is 10.8. The van der Waals surface area contributed by atoms with Crippen LogP contribution in [0.2, 0.25) is 0 Å². The summed E-state index contributed by atoms with van der Waals surface area (Å²) in [4.78, 5) is 22.4. The van der Waals surface area contributed by atoms with Gasteiger partial charge in [-0.15, -0.1) is 0 Å². The third-order valence-electron chi connectivity index (χ3n) is 6.70. The van der Waals surface area contributed by atoms with E-state index in [0.717, 1.165) is 33.4 Å². The molecule has 1 aliphatic rings. The number of imidazole rings is 1. The summed E-state index contributed by atoms with van der Waals surface area (Å²) in [7, 11) is -1.60. The topological polar surface area (TPSA) is 108 Å². The van der Waals surface area contributed by atoms with E-state index in [0.29, 0.717) is 18.5 Å².